The fourth-order valence-corrected chi connectivity index (χ4v) is 7.12. The Balaban J connectivity index is 1.82. The second kappa shape index (κ2) is 21.5. The summed E-state index contributed by atoms with van der Waals surface area (Å²) in [5.41, 5.74) is 16.4. The molecule has 53 heavy (non-hydrogen) atoms. The molecule has 0 unspecified atom stereocenters. The molecule has 2 rings (SSSR count). The van der Waals surface area contributed by atoms with Crippen LogP contribution in [0.4, 0.5) is 0 Å². The first-order chi connectivity index (χ1) is 24.8. The fraction of sp³-hybridized carbons (Fsp3) is 0.511. The van der Waals surface area contributed by atoms with Gasteiger partial charge in [-0.3, -0.25) is 14.4 Å². The van der Waals surface area contributed by atoms with E-state index in [1.807, 2.05) is 51.2 Å². The van der Waals surface area contributed by atoms with Crippen LogP contribution in [0.15, 0.2) is 117 Å². The van der Waals surface area contributed by atoms with E-state index in [1.54, 1.807) is 0 Å². The zero-order valence-corrected chi connectivity index (χ0v) is 34.8. The van der Waals surface area contributed by atoms with E-state index in [-0.39, 0.29) is 22.6 Å². The molecule has 0 aromatic carbocycles. The Morgan fingerprint density at radius 3 is 1.74 bits per heavy atom. The van der Waals surface area contributed by atoms with Crippen LogP contribution in [0.1, 0.15) is 134 Å². The van der Waals surface area contributed by atoms with Crippen LogP contribution in [-0.2, 0) is 14.4 Å². The van der Waals surface area contributed by atoms with E-state index < -0.39 is 11.9 Å². The molecule has 0 aromatic rings. The van der Waals surface area contributed by atoms with Gasteiger partial charge in [-0.1, -0.05) is 111 Å². The number of nitrogens with one attached hydrogen (secondary N) is 2. The predicted molar refractivity (Wildman–Crippen MR) is 225 cm³/mol. The standard InChI is InChI=1S/C47H69N3O3/c1-33(25-27-40-37(5)22-16-29-46(40,8)9)18-14-20-35(3)32-43(51)50-42(44(48)52)24-12-13-31-49-45(53)39(7)36(4)21-15-19-34(2)26-28-41-38(6)23-17-30-47(41,10)11/h14-15,18-21,25-28,32,42H,12-13,16-17,22-24,29-31H2,1-11H3,(H2,48,52)(H,49,53)(H,50,51)/b20-14+,21-15+,27-25+,28-26+,33-18+,34-19+,35-32+,39-36+/t42-/m1/s1. The van der Waals surface area contributed by atoms with Gasteiger partial charge in [0.05, 0.1) is 0 Å². The third-order valence-electron chi connectivity index (χ3n) is 10.7. The largest absolute Gasteiger partial charge is 0.368 e. The Morgan fingerprint density at radius 1 is 0.736 bits per heavy atom. The first-order valence-electron chi connectivity index (χ1n) is 19.5. The van der Waals surface area contributed by atoms with E-state index in [4.69, 9.17) is 5.73 Å². The lowest BCUT2D eigenvalue weighted by atomic mass is 9.72. The summed E-state index contributed by atoms with van der Waals surface area (Å²) in [7, 11) is 0. The molecule has 2 aliphatic carbocycles. The number of rotatable bonds is 17. The van der Waals surface area contributed by atoms with Crippen LogP contribution in [0.2, 0.25) is 0 Å². The van der Waals surface area contributed by atoms with Gasteiger partial charge in [0.15, 0.2) is 0 Å². The van der Waals surface area contributed by atoms with Crippen molar-refractivity contribution in [2.75, 3.05) is 6.54 Å². The Labute approximate surface area is 322 Å². The molecule has 0 radical (unpaired) electrons. The zero-order valence-electron chi connectivity index (χ0n) is 34.8. The number of nitrogens with two attached hydrogens (primary N) is 1. The Hall–Kier alpha value is -4.19. The highest BCUT2D eigenvalue weighted by Gasteiger charge is 2.27. The van der Waals surface area contributed by atoms with Crippen LogP contribution < -0.4 is 16.4 Å². The van der Waals surface area contributed by atoms with Gasteiger partial charge in [-0.15, -0.1) is 0 Å². The Morgan fingerprint density at radius 2 is 1.25 bits per heavy atom. The summed E-state index contributed by atoms with van der Waals surface area (Å²) in [5.74, 6) is -1.06. The average molecular weight is 724 g/mol. The average Bonchev–Trinajstić information content (AvgIpc) is 3.05. The van der Waals surface area contributed by atoms with Crippen LogP contribution in [0.3, 0.4) is 0 Å². The third-order valence-corrected chi connectivity index (χ3v) is 10.7. The smallest absolute Gasteiger partial charge is 0.247 e. The number of allylic oxidation sites excluding steroid dienone is 18. The van der Waals surface area contributed by atoms with Crippen LogP contribution in [0.5, 0.6) is 0 Å². The topological polar surface area (TPSA) is 101 Å². The molecule has 0 aliphatic heterocycles. The van der Waals surface area contributed by atoms with Crippen LogP contribution in [0.25, 0.3) is 0 Å². The molecule has 290 valence electrons. The van der Waals surface area contributed by atoms with Gasteiger partial charge in [0.1, 0.15) is 6.04 Å². The molecule has 0 fully saturated rings. The molecule has 6 heteroatoms. The van der Waals surface area contributed by atoms with Crippen molar-refractivity contribution in [1.29, 1.82) is 0 Å². The molecule has 6 nitrogen and oxygen atoms in total. The minimum absolute atomic E-state index is 0.121. The molecule has 0 aromatic heterocycles. The van der Waals surface area contributed by atoms with Gasteiger partial charge in [-0.2, -0.15) is 0 Å². The SMILES string of the molecule is CC1=C(/C=C/C(C)=C/C=C/C(C)=C/C(=O)N[C@H](CCCCNC(=O)/C(C)=C(C)/C=C/C=C(C)/C=C/C2=C(C)CCCC2(C)C)C(N)=O)C(C)(C)CCC1. The summed E-state index contributed by atoms with van der Waals surface area (Å²) >= 11 is 0. The number of hydrogen-bond donors (Lipinski definition) is 3. The van der Waals surface area contributed by atoms with Gasteiger partial charge in [0.2, 0.25) is 17.7 Å². The molecular weight excluding hydrogens is 655 g/mol. The molecule has 0 bridgehead atoms. The molecule has 0 saturated heterocycles. The molecule has 4 N–H and O–H groups in total. The summed E-state index contributed by atoms with van der Waals surface area (Å²) in [5, 5.41) is 5.70. The Bertz CT molecular complexity index is 1650. The summed E-state index contributed by atoms with van der Waals surface area (Å²) in [6.45, 7) is 24.0. The van der Waals surface area contributed by atoms with Crippen LogP contribution >= 0.6 is 0 Å². The second-order valence-electron chi connectivity index (χ2n) is 16.5. The monoisotopic (exact) mass is 724 g/mol. The lowest BCUT2D eigenvalue weighted by molar-refractivity contribution is -0.125. The summed E-state index contributed by atoms with van der Waals surface area (Å²) in [6.07, 6.45) is 31.1. The van der Waals surface area contributed by atoms with Crippen molar-refractivity contribution in [2.45, 2.75) is 140 Å². The van der Waals surface area contributed by atoms with Gasteiger partial charge in [-0.05, 0) is 139 Å². The zero-order chi connectivity index (χ0) is 39.8. The molecular formula is C47H69N3O3. The lowest BCUT2D eigenvalue weighted by Crippen LogP contribution is -2.44. The van der Waals surface area contributed by atoms with Crippen molar-refractivity contribution in [3.05, 3.63) is 117 Å². The highest BCUT2D eigenvalue weighted by atomic mass is 16.2. The highest BCUT2D eigenvalue weighted by molar-refractivity contribution is 5.94. The fourth-order valence-electron chi connectivity index (χ4n) is 7.12. The minimum atomic E-state index is -0.782. The number of carbonyl (C=O) groups excluding carboxylic acids is 3. The maximum Gasteiger partial charge on any atom is 0.247 e. The third kappa shape index (κ3) is 15.8. The van der Waals surface area contributed by atoms with Crippen molar-refractivity contribution in [3.8, 4) is 0 Å². The van der Waals surface area contributed by atoms with Crippen molar-refractivity contribution in [1.82, 2.24) is 10.6 Å². The predicted octanol–water partition coefficient (Wildman–Crippen LogP) is 10.7. The van der Waals surface area contributed by atoms with Gasteiger partial charge >= 0.3 is 0 Å². The normalized spacial score (nSPS) is 19.8. The van der Waals surface area contributed by atoms with Crippen molar-refractivity contribution >= 4 is 17.7 Å². The maximum absolute atomic E-state index is 12.8. The quantitative estimate of drug-likeness (QED) is 0.0791. The van der Waals surface area contributed by atoms with E-state index >= 15 is 0 Å². The van der Waals surface area contributed by atoms with Gasteiger partial charge in [-0.25, -0.2) is 0 Å². The highest BCUT2D eigenvalue weighted by Crippen LogP contribution is 2.41. The number of unbranched alkanes of at least 4 members (excludes halogenated alkanes) is 1. The molecule has 2 aliphatic rings. The summed E-state index contributed by atoms with van der Waals surface area (Å²) in [4.78, 5) is 37.5. The van der Waals surface area contributed by atoms with Gasteiger partial charge < -0.3 is 16.4 Å². The first-order valence-corrected chi connectivity index (χ1v) is 19.5. The Kier molecular flexibility index (Phi) is 18.2. The van der Waals surface area contributed by atoms with E-state index in [1.165, 1.54) is 60.5 Å². The number of hydrogen-bond acceptors (Lipinski definition) is 3. The van der Waals surface area contributed by atoms with Crippen molar-refractivity contribution in [3.63, 3.8) is 0 Å². The van der Waals surface area contributed by atoms with E-state index in [0.717, 1.165) is 28.7 Å². The van der Waals surface area contributed by atoms with E-state index in [0.29, 0.717) is 31.4 Å². The van der Waals surface area contributed by atoms with Crippen molar-refractivity contribution in [2.24, 2.45) is 16.6 Å². The van der Waals surface area contributed by atoms with E-state index in [9.17, 15) is 14.4 Å². The molecule has 0 heterocycles. The molecule has 0 spiro atoms. The van der Waals surface area contributed by atoms with Crippen LogP contribution in [-0.4, -0.2) is 30.3 Å². The van der Waals surface area contributed by atoms with Gasteiger partial charge in [0, 0.05) is 18.2 Å². The van der Waals surface area contributed by atoms with Gasteiger partial charge in [0.25, 0.3) is 0 Å². The number of amides is 3. The maximum atomic E-state index is 12.8. The molecule has 3 amide bonds. The summed E-state index contributed by atoms with van der Waals surface area (Å²) < 4.78 is 0. The molecule has 1 atom stereocenters. The number of carbonyl (C=O) groups is 3. The van der Waals surface area contributed by atoms with Crippen LogP contribution in [0, 0.1) is 10.8 Å². The van der Waals surface area contributed by atoms with Crippen molar-refractivity contribution < 1.29 is 14.4 Å². The second-order valence-corrected chi connectivity index (χ2v) is 16.5. The minimum Gasteiger partial charge on any atom is -0.368 e. The molecule has 0 saturated carbocycles. The summed E-state index contributed by atoms with van der Waals surface area (Å²) in [6, 6.07) is -0.782. The lowest BCUT2D eigenvalue weighted by Gasteiger charge is -2.33. The number of primary amides is 1. The van der Waals surface area contributed by atoms with E-state index in [2.05, 4.69) is 96.4 Å². The first kappa shape index (κ1) is 45.0.